The van der Waals surface area contributed by atoms with Crippen molar-refractivity contribution in [3.8, 4) is 22.5 Å². The van der Waals surface area contributed by atoms with E-state index >= 15 is 0 Å². The summed E-state index contributed by atoms with van der Waals surface area (Å²) < 4.78 is 27.6. The summed E-state index contributed by atoms with van der Waals surface area (Å²) in [7, 11) is 0. The number of hydrogen-bond acceptors (Lipinski definition) is 5. The van der Waals surface area contributed by atoms with Crippen molar-refractivity contribution in [3.05, 3.63) is 97.0 Å². The van der Waals surface area contributed by atoms with Crippen molar-refractivity contribution >= 4 is 22.5 Å². The Labute approximate surface area is 176 Å². The molecule has 150 valence electrons. The van der Waals surface area contributed by atoms with Crippen LogP contribution in [0.15, 0.2) is 85.3 Å². The molecule has 0 radical (unpaired) electrons. The molecule has 3 aromatic heterocycles. The number of aromatic nitrogens is 4. The molecule has 1 N–H and O–H groups in total. The van der Waals surface area contributed by atoms with Crippen LogP contribution in [0.4, 0.5) is 20.4 Å². The van der Waals surface area contributed by atoms with Gasteiger partial charge in [-0.2, -0.15) is 0 Å². The Morgan fingerprint density at radius 2 is 1.52 bits per heavy atom. The number of nitrogens with one attached hydrogen (secondary N) is 1. The molecule has 0 saturated carbocycles. The molecule has 31 heavy (non-hydrogen) atoms. The van der Waals surface area contributed by atoms with Crippen molar-refractivity contribution in [1.29, 1.82) is 0 Å². The maximum absolute atomic E-state index is 14.3. The lowest BCUT2D eigenvalue weighted by Crippen LogP contribution is -2.02. The fourth-order valence-corrected chi connectivity index (χ4v) is 3.26. The molecule has 0 aliphatic heterocycles. The van der Waals surface area contributed by atoms with E-state index in [2.05, 4.69) is 25.3 Å². The number of halogens is 2. The molecule has 5 nitrogen and oxygen atoms in total. The third kappa shape index (κ3) is 3.81. The predicted octanol–water partition coefficient (Wildman–Crippen LogP) is 5.78. The summed E-state index contributed by atoms with van der Waals surface area (Å²) in [5, 5.41) is 3.68. The van der Waals surface area contributed by atoms with E-state index in [1.807, 2.05) is 24.3 Å². The molecule has 0 atom stereocenters. The second kappa shape index (κ2) is 7.87. The number of hydrogen-bond donors (Lipinski definition) is 1. The van der Waals surface area contributed by atoms with Gasteiger partial charge in [-0.15, -0.1) is 0 Å². The molecule has 0 amide bonds. The van der Waals surface area contributed by atoms with Crippen molar-refractivity contribution in [1.82, 2.24) is 19.9 Å². The van der Waals surface area contributed by atoms with E-state index in [9.17, 15) is 8.78 Å². The lowest BCUT2D eigenvalue weighted by Gasteiger charge is -2.12. The van der Waals surface area contributed by atoms with Gasteiger partial charge in [0.05, 0.1) is 5.52 Å². The minimum absolute atomic E-state index is 0.0619. The summed E-state index contributed by atoms with van der Waals surface area (Å²) in [6.07, 6.45) is 4.84. The van der Waals surface area contributed by atoms with Crippen LogP contribution < -0.4 is 5.32 Å². The van der Waals surface area contributed by atoms with E-state index in [-0.39, 0.29) is 11.6 Å². The van der Waals surface area contributed by atoms with Gasteiger partial charge in [-0.3, -0.25) is 4.98 Å². The van der Waals surface area contributed by atoms with Gasteiger partial charge < -0.3 is 5.32 Å². The topological polar surface area (TPSA) is 63.6 Å². The zero-order valence-corrected chi connectivity index (χ0v) is 16.1. The monoisotopic (exact) mass is 411 g/mol. The first-order valence-electron chi connectivity index (χ1n) is 9.53. The zero-order valence-electron chi connectivity index (χ0n) is 16.1. The van der Waals surface area contributed by atoms with Gasteiger partial charge in [0.1, 0.15) is 11.6 Å². The summed E-state index contributed by atoms with van der Waals surface area (Å²) >= 11 is 0. The molecule has 0 aliphatic rings. The van der Waals surface area contributed by atoms with Gasteiger partial charge >= 0.3 is 0 Å². The fourth-order valence-electron chi connectivity index (χ4n) is 3.26. The smallest absolute Gasteiger partial charge is 0.167 e. The SMILES string of the molecule is Fc1ccc(-c2ccc3nc(-c4cccnc4)nc(Nc4ncccc4F)c3c2)cc1. The Morgan fingerprint density at radius 1 is 0.710 bits per heavy atom. The van der Waals surface area contributed by atoms with Crippen LogP contribution >= 0.6 is 0 Å². The molecule has 5 rings (SSSR count). The van der Waals surface area contributed by atoms with Gasteiger partial charge in [0.25, 0.3) is 0 Å². The Hall–Kier alpha value is -4.26. The molecule has 0 spiro atoms. The van der Waals surface area contributed by atoms with Crippen LogP contribution in [0.1, 0.15) is 0 Å². The summed E-state index contributed by atoms with van der Waals surface area (Å²) in [6.45, 7) is 0. The van der Waals surface area contributed by atoms with E-state index in [4.69, 9.17) is 0 Å². The molecular weight excluding hydrogens is 396 g/mol. The van der Waals surface area contributed by atoms with Gasteiger partial charge in [-0.05, 0) is 59.7 Å². The summed E-state index contributed by atoms with van der Waals surface area (Å²) in [5.41, 5.74) is 3.10. The third-order valence-corrected chi connectivity index (χ3v) is 4.79. The standard InChI is InChI=1S/C24H15F2N5/c25-18-8-5-15(6-9-18)16-7-10-21-19(13-16)23(31-24-20(26)4-2-12-28-24)30-22(29-21)17-3-1-11-27-14-17/h1-14H,(H,28,29,30,31). The maximum atomic E-state index is 14.3. The maximum Gasteiger partial charge on any atom is 0.167 e. The summed E-state index contributed by atoms with van der Waals surface area (Å²) in [4.78, 5) is 17.5. The second-order valence-corrected chi connectivity index (χ2v) is 6.84. The molecule has 0 saturated heterocycles. The third-order valence-electron chi connectivity index (χ3n) is 4.79. The first-order valence-corrected chi connectivity index (χ1v) is 9.53. The molecule has 0 aliphatic carbocycles. The highest BCUT2D eigenvalue weighted by molar-refractivity contribution is 5.95. The minimum atomic E-state index is -0.494. The lowest BCUT2D eigenvalue weighted by molar-refractivity contribution is 0.626. The van der Waals surface area contributed by atoms with Crippen LogP contribution in [0.5, 0.6) is 0 Å². The van der Waals surface area contributed by atoms with Crippen molar-refractivity contribution in [2.45, 2.75) is 0 Å². The molecule has 5 aromatic rings. The number of anilines is 2. The van der Waals surface area contributed by atoms with Gasteiger partial charge in [-0.25, -0.2) is 23.7 Å². The second-order valence-electron chi connectivity index (χ2n) is 6.84. The number of rotatable bonds is 4. The Morgan fingerprint density at radius 3 is 2.29 bits per heavy atom. The number of fused-ring (bicyclic) bond motifs is 1. The van der Waals surface area contributed by atoms with Gasteiger partial charge in [0, 0.05) is 29.5 Å². The predicted molar refractivity (Wildman–Crippen MR) is 116 cm³/mol. The van der Waals surface area contributed by atoms with Crippen molar-refractivity contribution in [2.24, 2.45) is 0 Å². The largest absolute Gasteiger partial charge is 0.322 e. The molecule has 0 unspecified atom stereocenters. The highest BCUT2D eigenvalue weighted by atomic mass is 19.1. The molecule has 3 heterocycles. The quantitative estimate of drug-likeness (QED) is 0.406. The Bertz CT molecular complexity index is 1370. The highest BCUT2D eigenvalue weighted by Gasteiger charge is 2.13. The summed E-state index contributed by atoms with van der Waals surface area (Å²) in [6, 6.07) is 18.4. The number of pyridine rings is 2. The van der Waals surface area contributed by atoms with Crippen LogP contribution in [0.25, 0.3) is 33.4 Å². The van der Waals surface area contributed by atoms with E-state index in [0.29, 0.717) is 22.5 Å². The highest BCUT2D eigenvalue weighted by Crippen LogP contribution is 2.31. The van der Waals surface area contributed by atoms with E-state index in [0.717, 1.165) is 16.7 Å². The molecule has 2 aromatic carbocycles. The summed E-state index contributed by atoms with van der Waals surface area (Å²) in [5.74, 6) is 0.125. The molecule has 0 bridgehead atoms. The molecule has 0 fully saturated rings. The van der Waals surface area contributed by atoms with Crippen LogP contribution in [-0.4, -0.2) is 19.9 Å². The molecular formula is C24H15F2N5. The first-order chi connectivity index (χ1) is 15.2. The first kappa shape index (κ1) is 18.7. The van der Waals surface area contributed by atoms with Crippen molar-refractivity contribution in [3.63, 3.8) is 0 Å². The van der Waals surface area contributed by atoms with Crippen molar-refractivity contribution in [2.75, 3.05) is 5.32 Å². The van der Waals surface area contributed by atoms with E-state index in [1.165, 1.54) is 30.5 Å². The van der Waals surface area contributed by atoms with Gasteiger partial charge in [-0.1, -0.05) is 18.2 Å². The minimum Gasteiger partial charge on any atom is -0.322 e. The Kier molecular flexibility index (Phi) is 4.76. The van der Waals surface area contributed by atoms with Crippen LogP contribution in [0.2, 0.25) is 0 Å². The van der Waals surface area contributed by atoms with Crippen molar-refractivity contribution < 1.29 is 8.78 Å². The number of nitrogens with zero attached hydrogens (tertiary/aromatic N) is 4. The van der Waals surface area contributed by atoms with Gasteiger partial charge in [0.2, 0.25) is 0 Å². The van der Waals surface area contributed by atoms with Crippen LogP contribution in [0, 0.1) is 11.6 Å². The van der Waals surface area contributed by atoms with Gasteiger partial charge in [0.15, 0.2) is 17.5 Å². The number of benzene rings is 2. The fraction of sp³-hybridized carbons (Fsp3) is 0. The van der Waals surface area contributed by atoms with E-state index in [1.54, 1.807) is 30.6 Å². The molecule has 7 heteroatoms. The lowest BCUT2D eigenvalue weighted by atomic mass is 10.0. The van der Waals surface area contributed by atoms with E-state index < -0.39 is 5.82 Å². The van der Waals surface area contributed by atoms with Crippen LogP contribution in [0.3, 0.4) is 0 Å². The zero-order chi connectivity index (χ0) is 21.2. The average molecular weight is 411 g/mol. The Balaban J connectivity index is 1.69. The normalized spacial score (nSPS) is 10.9. The average Bonchev–Trinajstić information content (AvgIpc) is 2.81. The van der Waals surface area contributed by atoms with Crippen LogP contribution in [-0.2, 0) is 0 Å².